The average Bonchev–Trinajstić information content (AvgIpc) is 3.11. The van der Waals surface area contributed by atoms with Crippen LogP contribution >= 0.6 is 0 Å². The number of primary amides is 1. The monoisotopic (exact) mass is 393 g/mol. The maximum Gasteiger partial charge on any atom is 0.312 e. The number of carbonyl (C=O) groups is 1. The van der Waals surface area contributed by atoms with Crippen molar-refractivity contribution in [2.24, 2.45) is 5.73 Å². The number of fused-ring (bicyclic) bond motifs is 2. The Morgan fingerprint density at radius 1 is 1.21 bits per heavy atom. The van der Waals surface area contributed by atoms with E-state index in [1.165, 1.54) is 0 Å². The van der Waals surface area contributed by atoms with Gasteiger partial charge in [-0.1, -0.05) is 24.3 Å². The summed E-state index contributed by atoms with van der Waals surface area (Å²) in [6, 6.07) is 11.3. The number of amides is 2. The van der Waals surface area contributed by atoms with Gasteiger partial charge in [-0.2, -0.15) is 0 Å². The molecule has 3 aromatic rings. The highest BCUT2D eigenvalue weighted by molar-refractivity contribution is 5.72. The maximum atomic E-state index is 11.3. The number of hydrogen-bond donors (Lipinski definition) is 2. The molecule has 0 unspecified atom stereocenters. The highest BCUT2D eigenvalue weighted by Gasteiger charge is 2.39. The van der Waals surface area contributed by atoms with Crippen LogP contribution in [0.1, 0.15) is 48.9 Å². The molecular formula is C21H23N5O3. The summed E-state index contributed by atoms with van der Waals surface area (Å²) in [6.07, 6.45) is 3.39. The molecule has 8 nitrogen and oxygen atoms in total. The lowest BCUT2D eigenvalue weighted by Gasteiger charge is -2.36. The first-order valence-corrected chi connectivity index (χ1v) is 9.78. The van der Waals surface area contributed by atoms with Gasteiger partial charge in [0.1, 0.15) is 17.7 Å². The van der Waals surface area contributed by atoms with Crippen LogP contribution in [0.2, 0.25) is 0 Å². The van der Waals surface area contributed by atoms with Crippen molar-refractivity contribution in [3.63, 3.8) is 0 Å². The fourth-order valence-corrected chi connectivity index (χ4v) is 4.25. The predicted molar refractivity (Wildman–Crippen MR) is 106 cm³/mol. The largest absolute Gasteiger partial charge is 0.484 e. The summed E-state index contributed by atoms with van der Waals surface area (Å²) in [5.74, 6) is 1.64. The van der Waals surface area contributed by atoms with Crippen molar-refractivity contribution < 1.29 is 14.3 Å². The number of pyridine rings is 1. The van der Waals surface area contributed by atoms with Crippen molar-refractivity contribution >= 4 is 11.7 Å². The van der Waals surface area contributed by atoms with Gasteiger partial charge < -0.3 is 20.5 Å². The van der Waals surface area contributed by atoms with Crippen LogP contribution in [0, 0.1) is 0 Å². The minimum absolute atomic E-state index is 0.0888. The molecule has 0 saturated carbocycles. The van der Waals surface area contributed by atoms with E-state index in [4.69, 9.17) is 15.2 Å². The number of benzene rings is 1. The molecule has 1 aliphatic carbocycles. The number of nitrogens with one attached hydrogen (secondary N) is 1. The molecule has 2 amide bonds. The van der Waals surface area contributed by atoms with Crippen LogP contribution in [-0.2, 0) is 10.2 Å². The van der Waals surface area contributed by atoms with E-state index in [0.29, 0.717) is 13.2 Å². The quantitative estimate of drug-likeness (QED) is 0.709. The Labute approximate surface area is 168 Å². The Hall–Kier alpha value is -3.13. The summed E-state index contributed by atoms with van der Waals surface area (Å²) in [5.41, 5.74) is 8.13. The zero-order valence-electron chi connectivity index (χ0n) is 16.2. The summed E-state index contributed by atoms with van der Waals surface area (Å²) >= 11 is 0. The molecule has 29 heavy (non-hydrogen) atoms. The Kier molecular flexibility index (Phi) is 4.16. The van der Waals surface area contributed by atoms with Crippen molar-refractivity contribution in [1.82, 2.24) is 19.9 Å². The number of nitrogens with two attached hydrogens (primary N) is 1. The Balaban J connectivity index is 1.45. The molecule has 150 valence electrons. The molecule has 0 spiro atoms. The van der Waals surface area contributed by atoms with Gasteiger partial charge in [0.2, 0.25) is 0 Å². The molecule has 1 aliphatic heterocycles. The molecule has 0 radical (unpaired) electrons. The van der Waals surface area contributed by atoms with Gasteiger partial charge in [-0.05, 0) is 43.0 Å². The summed E-state index contributed by atoms with van der Waals surface area (Å²) < 4.78 is 13.8. The number of nitrogens with zero attached hydrogens (tertiary/aromatic N) is 3. The molecule has 3 heterocycles. The predicted octanol–water partition coefficient (Wildman–Crippen LogP) is 2.64. The molecule has 8 heteroatoms. The summed E-state index contributed by atoms with van der Waals surface area (Å²) in [6.45, 7) is 3.41. The van der Waals surface area contributed by atoms with Gasteiger partial charge in [-0.25, -0.2) is 4.79 Å². The van der Waals surface area contributed by atoms with Gasteiger partial charge in [0.15, 0.2) is 5.65 Å². The standard InChI is InChI=1S/C21H23N5O3/c1-21(11-28-12-21)19-25-24-18-9-6-13(10-26(18)19)29-17-8-7-16(23-20(22)27)14-4-2-3-5-15(14)17/h2-6,9-10,16-17H,7-8,11-12H2,1H3,(H3,22,23,27)/t16-,17+/m0/s1. The number of rotatable bonds is 4. The zero-order valence-corrected chi connectivity index (χ0v) is 16.2. The van der Waals surface area contributed by atoms with E-state index in [-0.39, 0.29) is 17.6 Å². The van der Waals surface area contributed by atoms with Gasteiger partial charge in [-0.3, -0.25) is 4.40 Å². The molecule has 2 aromatic heterocycles. The third-order valence-corrected chi connectivity index (χ3v) is 5.79. The van der Waals surface area contributed by atoms with Crippen molar-refractivity contribution in [2.75, 3.05) is 13.2 Å². The van der Waals surface area contributed by atoms with E-state index >= 15 is 0 Å². The van der Waals surface area contributed by atoms with Crippen LogP contribution in [0.15, 0.2) is 42.6 Å². The lowest BCUT2D eigenvalue weighted by atomic mass is 9.85. The smallest absolute Gasteiger partial charge is 0.312 e. The minimum atomic E-state index is -0.511. The second kappa shape index (κ2) is 6.73. The van der Waals surface area contributed by atoms with E-state index in [1.54, 1.807) is 0 Å². The molecule has 0 bridgehead atoms. The molecule has 1 saturated heterocycles. The van der Waals surface area contributed by atoms with Gasteiger partial charge >= 0.3 is 6.03 Å². The molecule has 2 atom stereocenters. The lowest BCUT2D eigenvalue weighted by Crippen LogP contribution is -2.45. The molecule has 2 aliphatic rings. The fourth-order valence-electron chi connectivity index (χ4n) is 4.25. The Morgan fingerprint density at radius 3 is 2.72 bits per heavy atom. The summed E-state index contributed by atoms with van der Waals surface area (Å²) in [7, 11) is 0. The number of aromatic nitrogens is 3. The van der Waals surface area contributed by atoms with Crippen LogP contribution < -0.4 is 15.8 Å². The van der Waals surface area contributed by atoms with E-state index in [0.717, 1.165) is 41.2 Å². The highest BCUT2D eigenvalue weighted by Crippen LogP contribution is 2.39. The molecule has 3 N–H and O–H groups in total. The topological polar surface area (TPSA) is 104 Å². The van der Waals surface area contributed by atoms with E-state index in [1.807, 2.05) is 47.0 Å². The molecule has 5 rings (SSSR count). The third kappa shape index (κ3) is 3.09. The van der Waals surface area contributed by atoms with Gasteiger partial charge in [0, 0.05) is 0 Å². The summed E-state index contributed by atoms with van der Waals surface area (Å²) in [5, 5.41) is 11.5. The van der Waals surface area contributed by atoms with Crippen LogP contribution in [-0.4, -0.2) is 33.8 Å². The number of urea groups is 1. The second-order valence-corrected chi connectivity index (χ2v) is 8.04. The minimum Gasteiger partial charge on any atom is -0.484 e. The second-order valence-electron chi connectivity index (χ2n) is 8.04. The number of hydrogen-bond acceptors (Lipinski definition) is 5. The first-order chi connectivity index (χ1) is 14.0. The summed E-state index contributed by atoms with van der Waals surface area (Å²) in [4.78, 5) is 11.3. The van der Waals surface area contributed by atoms with Crippen LogP contribution in [0.5, 0.6) is 5.75 Å². The lowest BCUT2D eigenvalue weighted by molar-refractivity contribution is -0.0548. The first kappa shape index (κ1) is 17.9. The van der Waals surface area contributed by atoms with Crippen molar-refractivity contribution in [1.29, 1.82) is 0 Å². The van der Waals surface area contributed by atoms with E-state index in [9.17, 15) is 4.79 Å². The van der Waals surface area contributed by atoms with Gasteiger partial charge in [0.25, 0.3) is 0 Å². The number of ether oxygens (including phenoxy) is 2. The number of carbonyl (C=O) groups excluding carboxylic acids is 1. The van der Waals surface area contributed by atoms with Crippen molar-refractivity contribution in [3.05, 3.63) is 59.5 Å². The molecule has 1 fully saturated rings. The Morgan fingerprint density at radius 2 is 2.00 bits per heavy atom. The molecule has 1 aromatic carbocycles. The van der Waals surface area contributed by atoms with Crippen molar-refractivity contribution in [2.45, 2.75) is 37.3 Å². The van der Waals surface area contributed by atoms with Gasteiger partial charge in [-0.15, -0.1) is 10.2 Å². The van der Waals surface area contributed by atoms with Crippen LogP contribution in [0.4, 0.5) is 4.79 Å². The van der Waals surface area contributed by atoms with Crippen LogP contribution in [0.3, 0.4) is 0 Å². The van der Waals surface area contributed by atoms with Crippen LogP contribution in [0.25, 0.3) is 5.65 Å². The van der Waals surface area contributed by atoms with Gasteiger partial charge in [0.05, 0.1) is 30.9 Å². The van der Waals surface area contributed by atoms with E-state index < -0.39 is 6.03 Å². The maximum absolute atomic E-state index is 11.3. The highest BCUT2D eigenvalue weighted by atomic mass is 16.5. The SMILES string of the molecule is CC1(c2nnc3ccc(O[C@@H]4CC[C@H](NC(N)=O)c5ccccc54)cn23)COC1. The Bertz CT molecular complexity index is 1080. The normalized spacial score (nSPS) is 22.5. The zero-order chi connectivity index (χ0) is 20.0. The average molecular weight is 393 g/mol. The fraction of sp³-hybridized carbons (Fsp3) is 0.381. The van der Waals surface area contributed by atoms with Crippen molar-refractivity contribution in [3.8, 4) is 5.75 Å². The first-order valence-electron chi connectivity index (χ1n) is 9.78. The molecular weight excluding hydrogens is 370 g/mol. The third-order valence-electron chi connectivity index (χ3n) is 5.79. The van der Waals surface area contributed by atoms with E-state index in [2.05, 4.69) is 22.4 Å².